The van der Waals surface area contributed by atoms with Gasteiger partial charge >= 0.3 is 6.09 Å². The lowest BCUT2D eigenvalue weighted by atomic mass is 9.71. The Morgan fingerprint density at radius 2 is 1.41 bits per heavy atom. The van der Waals surface area contributed by atoms with Crippen molar-refractivity contribution in [3.8, 4) is 0 Å². The summed E-state index contributed by atoms with van der Waals surface area (Å²) < 4.78 is 19.2. The largest absolute Gasteiger partial charge is 0.532 e. The fourth-order valence-electron chi connectivity index (χ4n) is 4.30. The molecule has 34 heavy (non-hydrogen) atoms. The molecule has 182 valence electrons. The summed E-state index contributed by atoms with van der Waals surface area (Å²) in [7, 11) is -2.23. The van der Waals surface area contributed by atoms with Gasteiger partial charge in [-0.05, 0) is 56.1 Å². The number of hydrogen-bond acceptors (Lipinski definition) is 4. The summed E-state index contributed by atoms with van der Waals surface area (Å²) in [5.41, 5.74) is 0.774. The smallest absolute Gasteiger partial charge is 0.419 e. The zero-order valence-corrected chi connectivity index (χ0v) is 22.6. The van der Waals surface area contributed by atoms with Crippen molar-refractivity contribution in [2.45, 2.75) is 77.1 Å². The molecular formula is C28H37NO4Si. The number of ether oxygens (including phenoxy) is 2. The van der Waals surface area contributed by atoms with Crippen LogP contribution in [0.4, 0.5) is 4.79 Å². The molecular weight excluding hydrogens is 442 g/mol. The molecule has 2 aliphatic rings. The number of rotatable bonds is 4. The Balaban J connectivity index is 1.80. The van der Waals surface area contributed by atoms with E-state index in [0.717, 1.165) is 11.1 Å². The average molecular weight is 480 g/mol. The van der Waals surface area contributed by atoms with Crippen LogP contribution in [-0.4, -0.2) is 31.1 Å². The summed E-state index contributed by atoms with van der Waals surface area (Å²) in [5, 5.41) is -0.0219. The van der Waals surface area contributed by atoms with E-state index in [4.69, 9.17) is 13.9 Å². The van der Waals surface area contributed by atoms with Gasteiger partial charge in [0, 0.05) is 0 Å². The van der Waals surface area contributed by atoms with Gasteiger partial charge in [-0.2, -0.15) is 0 Å². The molecule has 5 nitrogen and oxygen atoms in total. The number of carbonyl (C=O) groups excluding carboxylic acids is 1. The van der Waals surface area contributed by atoms with Crippen LogP contribution >= 0.6 is 0 Å². The number of hydrogen-bond donors (Lipinski definition) is 0. The Hall–Kier alpha value is -2.57. The third-order valence-electron chi connectivity index (χ3n) is 7.06. The molecule has 1 fully saturated rings. The van der Waals surface area contributed by atoms with Crippen LogP contribution in [0.15, 0.2) is 72.6 Å². The third kappa shape index (κ3) is 4.18. The van der Waals surface area contributed by atoms with Crippen LogP contribution in [0.25, 0.3) is 0 Å². The quantitative estimate of drug-likeness (QED) is 0.442. The molecule has 0 aromatic heterocycles. The summed E-state index contributed by atoms with van der Waals surface area (Å²) in [6.45, 7) is 16.6. The van der Waals surface area contributed by atoms with E-state index >= 15 is 0 Å². The van der Waals surface area contributed by atoms with Crippen molar-refractivity contribution < 1.29 is 18.7 Å². The van der Waals surface area contributed by atoms with Crippen molar-refractivity contribution in [1.29, 1.82) is 0 Å². The van der Waals surface area contributed by atoms with E-state index in [1.807, 2.05) is 57.2 Å². The maximum absolute atomic E-state index is 13.4. The highest BCUT2D eigenvalue weighted by molar-refractivity contribution is 6.74. The first-order chi connectivity index (χ1) is 15.8. The highest BCUT2D eigenvalue weighted by Crippen LogP contribution is 2.58. The van der Waals surface area contributed by atoms with Gasteiger partial charge in [-0.1, -0.05) is 81.4 Å². The molecule has 0 saturated carbocycles. The first-order valence-electron chi connectivity index (χ1n) is 12.0. The van der Waals surface area contributed by atoms with Crippen molar-refractivity contribution in [2.24, 2.45) is 5.92 Å². The number of nitrogens with zero attached hydrogens (tertiary/aromatic N) is 1. The molecule has 2 atom stereocenters. The van der Waals surface area contributed by atoms with Gasteiger partial charge in [0.05, 0.1) is 5.92 Å². The van der Waals surface area contributed by atoms with Gasteiger partial charge in [0.15, 0.2) is 12.1 Å². The second-order valence-electron chi connectivity index (χ2n) is 11.7. The van der Waals surface area contributed by atoms with E-state index in [-0.39, 0.29) is 11.0 Å². The molecule has 2 heterocycles. The number of fused-ring (bicyclic) bond motifs is 1. The van der Waals surface area contributed by atoms with E-state index in [1.165, 1.54) is 0 Å². The molecule has 1 saturated heterocycles. The maximum atomic E-state index is 13.4. The first-order valence-corrected chi connectivity index (χ1v) is 14.9. The Labute approximate surface area is 204 Å². The van der Waals surface area contributed by atoms with Gasteiger partial charge in [-0.25, -0.2) is 9.69 Å². The summed E-state index contributed by atoms with van der Waals surface area (Å²) in [6.07, 6.45) is 1.15. The van der Waals surface area contributed by atoms with Crippen LogP contribution < -0.4 is 0 Å². The Kier molecular flexibility index (Phi) is 5.97. The molecule has 2 aromatic rings. The second kappa shape index (κ2) is 8.28. The number of carbonyl (C=O) groups is 1. The molecule has 1 unspecified atom stereocenters. The van der Waals surface area contributed by atoms with Crippen LogP contribution in [0.1, 0.15) is 52.7 Å². The van der Waals surface area contributed by atoms with E-state index in [0.29, 0.717) is 5.88 Å². The predicted octanol–water partition coefficient (Wildman–Crippen LogP) is 7.02. The Morgan fingerprint density at radius 3 is 1.85 bits per heavy atom. The second-order valence-corrected chi connectivity index (χ2v) is 16.4. The summed E-state index contributed by atoms with van der Waals surface area (Å²) in [6, 6.07) is 20.4. The molecule has 1 amide bonds. The molecule has 0 bridgehead atoms. The lowest BCUT2D eigenvalue weighted by Crippen LogP contribution is -2.62. The molecule has 0 spiro atoms. The molecule has 2 aromatic carbocycles. The van der Waals surface area contributed by atoms with Gasteiger partial charge < -0.3 is 13.9 Å². The van der Waals surface area contributed by atoms with Crippen LogP contribution in [0.5, 0.6) is 0 Å². The fourth-order valence-corrected chi connectivity index (χ4v) is 5.30. The molecule has 6 heteroatoms. The van der Waals surface area contributed by atoms with Crippen LogP contribution in [0, 0.1) is 5.92 Å². The van der Waals surface area contributed by atoms with E-state index in [1.54, 1.807) is 4.90 Å². The highest BCUT2D eigenvalue weighted by atomic mass is 28.4. The van der Waals surface area contributed by atoms with Crippen molar-refractivity contribution in [3.05, 3.63) is 83.7 Å². The van der Waals surface area contributed by atoms with Crippen LogP contribution in [-0.2, 0) is 19.5 Å². The molecule has 0 radical (unpaired) electrons. The van der Waals surface area contributed by atoms with Crippen LogP contribution in [0.2, 0.25) is 18.1 Å². The van der Waals surface area contributed by atoms with E-state index in [9.17, 15) is 4.79 Å². The predicted molar refractivity (Wildman–Crippen MR) is 136 cm³/mol. The van der Waals surface area contributed by atoms with Gasteiger partial charge in [-0.3, -0.25) is 0 Å². The number of amides is 1. The van der Waals surface area contributed by atoms with Crippen molar-refractivity contribution >= 4 is 14.4 Å². The maximum Gasteiger partial charge on any atom is 0.419 e. The van der Waals surface area contributed by atoms with Gasteiger partial charge in [-0.15, -0.1) is 0 Å². The van der Waals surface area contributed by atoms with E-state index in [2.05, 4.69) is 64.2 Å². The normalized spacial score (nSPS) is 21.9. The van der Waals surface area contributed by atoms with E-state index < -0.39 is 31.8 Å². The van der Waals surface area contributed by atoms with Crippen molar-refractivity contribution in [1.82, 2.24) is 4.90 Å². The molecule has 4 rings (SSSR count). The SMILES string of the molecule is CC(C)(C)OC(=O)N1C(O[Si](C)(C)C(C)(C)C)=C[C@@H]2C1OC2(c1ccccc1)c1ccccc1. The van der Waals surface area contributed by atoms with Crippen molar-refractivity contribution in [2.75, 3.05) is 0 Å². The third-order valence-corrected chi connectivity index (χ3v) is 11.4. The lowest BCUT2D eigenvalue weighted by molar-refractivity contribution is -0.262. The monoisotopic (exact) mass is 479 g/mol. The summed E-state index contributed by atoms with van der Waals surface area (Å²) >= 11 is 0. The van der Waals surface area contributed by atoms with Crippen LogP contribution in [0.3, 0.4) is 0 Å². The highest BCUT2D eigenvalue weighted by Gasteiger charge is 2.64. The molecule has 2 aliphatic heterocycles. The van der Waals surface area contributed by atoms with Gasteiger partial charge in [0.1, 0.15) is 11.2 Å². The standard InChI is InChI=1S/C28H37NO4Si/c1-26(2,3)32-25(30)29-23(33-34(7,8)27(4,5)6)19-22-24(29)31-28(22,20-15-11-9-12-16-20)21-17-13-10-14-18-21/h9-19,22,24H,1-8H3/t22-,24?/m1/s1. The fraction of sp³-hybridized carbons (Fsp3) is 0.464. The number of benzene rings is 2. The van der Waals surface area contributed by atoms with Gasteiger partial charge in [0.25, 0.3) is 8.32 Å². The van der Waals surface area contributed by atoms with Crippen molar-refractivity contribution in [3.63, 3.8) is 0 Å². The Bertz CT molecular complexity index is 1030. The first kappa shape index (κ1) is 24.5. The topological polar surface area (TPSA) is 48.0 Å². The average Bonchev–Trinajstić information content (AvgIpc) is 3.01. The molecule has 0 N–H and O–H groups in total. The molecule has 0 aliphatic carbocycles. The Morgan fingerprint density at radius 1 is 0.912 bits per heavy atom. The summed E-state index contributed by atoms with van der Waals surface area (Å²) in [5.74, 6) is 0.439. The minimum absolute atomic E-state index is 0.0219. The summed E-state index contributed by atoms with van der Waals surface area (Å²) in [4.78, 5) is 15.0. The zero-order valence-electron chi connectivity index (χ0n) is 21.6. The minimum atomic E-state index is -2.23. The minimum Gasteiger partial charge on any atom is -0.532 e. The van der Waals surface area contributed by atoms with Gasteiger partial charge in [0.2, 0.25) is 0 Å². The zero-order chi connectivity index (χ0) is 24.9. The lowest BCUT2D eigenvalue weighted by Gasteiger charge is -2.53.